The van der Waals surface area contributed by atoms with Crippen molar-refractivity contribution in [2.45, 2.75) is 25.0 Å². The Balaban J connectivity index is 2.39. The van der Waals surface area contributed by atoms with Gasteiger partial charge in [-0.15, -0.1) is 11.3 Å². The van der Waals surface area contributed by atoms with Crippen LogP contribution in [0.1, 0.15) is 17.4 Å². The number of thiophene rings is 1. The number of aliphatic hydroxyl groups is 1. The van der Waals surface area contributed by atoms with Crippen LogP contribution in [0.2, 0.25) is 0 Å². The van der Waals surface area contributed by atoms with E-state index in [1.165, 1.54) is 21.7 Å². The normalized spacial score (nSPS) is 12.0. The summed E-state index contributed by atoms with van der Waals surface area (Å²) in [5.41, 5.74) is 0.573. The van der Waals surface area contributed by atoms with Gasteiger partial charge in [0, 0.05) is 22.4 Å². The van der Waals surface area contributed by atoms with Gasteiger partial charge in [0.05, 0.1) is 11.5 Å². The van der Waals surface area contributed by atoms with E-state index in [2.05, 4.69) is 15.9 Å². The van der Waals surface area contributed by atoms with Crippen molar-refractivity contribution < 1.29 is 13.5 Å². The number of hydrogen-bond acceptors (Lipinski definition) is 4. The lowest BCUT2D eigenvalue weighted by Gasteiger charge is -2.21. The van der Waals surface area contributed by atoms with Crippen molar-refractivity contribution in [3.63, 3.8) is 0 Å². The van der Waals surface area contributed by atoms with Crippen LogP contribution in [0.3, 0.4) is 0 Å². The molecule has 0 fully saturated rings. The highest BCUT2D eigenvalue weighted by Crippen LogP contribution is 2.27. The minimum absolute atomic E-state index is 0.187. The van der Waals surface area contributed by atoms with Crippen molar-refractivity contribution in [1.29, 1.82) is 0 Å². The lowest BCUT2D eigenvalue weighted by molar-refractivity contribution is 0.281. The molecule has 0 radical (unpaired) electrons. The zero-order valence-corrected chi connectivity index (χ0v) is 14.7. The second kappa shape index (κ2) is 7.02. The third kappa shape index (κ3) is 3.73. The molecule has 114 valence electrons. The fourth-order valence-corrected chi connectivity index (χ4v) is 5.13. The molecule has 2 aromatic rings. The Hall–Kier alpha value is -0.730. The molecule has 1 N–H and O–H groups in total. The lowest BCUT2D eigenvalue weighted by atomic mass is 10.2. The van der Waals surface area contributed by atoms with Crippen molar-refractivity contribution in [2.24, 2.45) is 0 Å². The average molecular weight is 390 g/mol. The predicted octanol–water partition coefficient (Wildman–Crippen LogP) is 3.21. The molecule has 4 nitrogen and oxygen atoms in total. The molecular weight excluding hydrogens is 374 g/mol. The quantitative estimate of drug-likeness (QED) is 0.824. The summed E-state index contributed by atoms with van der Waals surface area (Å²) in [4.78, 5) is 1.18. The average Bonchev–Trinajstić information content (AvgIpc) is 2.98. The van der Waals surface area contributed by atoms with Crippen LogP contribution in [0.25, 0.3) is 0 Å². The first kappa shape index (κ1) is 16.6. The van der Waals surface area contributed by atoms with Crippen LogP contribution in [0.5, 0.6) is 0 Å². The molecule has 0 aliphatic carbocycles. The highest BCUT2D eigenvalue weighted by atomic mass is 79.9. The molecule has 0 aliphatic rings. The van der Waals surface area contributed by atoms with Gasteiger partial charge in [-0.1, -0.05) is 19.1 Å². The number of benzene rings is 1. The summed E-state index contributed by atoms with van der Waals surface area (Å²) in [6, 6.07) is 8.68. The zero-order chi connectivity index (χ0) is 15.5. The molecule has 21 heavy (non-hydrogen) atoms. The smallest absolute Gasteiger partial charge is 0.244 e. The number of hydrogen-bond donors (Lipinski definition) is 1. The molecule has 0 saturated carbocycles. The van der Waals surface area contributed by atoms with Crippen LogP contribution in [0.4, 0.5) is 0 Å². The summed E-state index contributed by atoms with van der Waals surface area (Å²) in [6.45, 7) is 2.37. The summed E-state index contributed by atoms with van der Waals surface area (Å²) < 4.78 is 27.5. The van der Waals surface area contributed by atoms with Gasteiger partial charge in [-0.05, 0) is 45.1 Å². The van der Waals surface area contributed by atoms with E-state index in [4.69, 9.17) is 0 Å². The first-order chi connectivity index (χ1) is 9.98. The molecule has 0 spiro atoms. The van der Waals surface area contributed by atoms with E-state index in [-0.39, 0.29) is 11.5 Å². The fourth-order valence-electron chi connectivity index (χ4n) is 1.93. The predicted molar refractivity (Wildman–Crippen MR) is 87.7 cm³/mol. The van der Waals surface area contributed by atoms with E-state index in [1.807, 2.05) is 24.4 Å². The number of sulfonamides is 1. The second-order valence-corrected chi connectivity index (χ2v) is 8.23. The van der Waals surface area contributed by atoms with Gasteiger partial charge in [0.2, 0.25) is 10.0 Å². The summed E-state index contributed by atoms with van der Waals surface area (Å²) in [6.07, 6.45) is 0. The van der Waals surface area contributed by atoms with Gasteiger partial charge >= 0.3 is 0 Å². The largest absolute Gasteiger partial charge is 0.392 e. The molecule has 1 aromatic heterocycles. The van der Waals surface area contributed by atoms with Crippen LogP contribution in [-0.2, 0) is 23.2 Å². The van der Waals surface area contributed by atoms with Crippen LogP contribution >= 0.6 is 27.3 Å². The minimum atomic E-state index is -3.61. The van der Waals surface area contributed by atoms with Gasteiger partial charge in [0.1, 0.15) is 0 Å². The fraction of sp³-hybridized carbons (Fsp3) is 0.286. The third-order valence-corrected chi connectivity index (χ3v) is 6.84. The third-order valence-electron chi connectivity index (χ3n) is 3.06. The maximum Gasteiger partial charge on any atom is 0.244 e. The summed E-state index contributed by atoms with van der Waals surface area (Å²) in [5, 5.41) is 11.1. The van der Waals surface area contributed by atoms with E-state index in [9.17, 15) is 13.5 Å². The lowest BCUT2D eigenvalue weighted by Crippen LogP contribution is -2.30. The molecule has 0 saturated heterocycles. The molecule has 0 aliphatic heterocycles. The van der Waals surface area contributed by atoms with E-state index in [0.717, 1.165) is 4.88 Å². The molecule has 1 aromatic carbocycles. The monoisotopic (exact) mass is 389 g/mol. The van der Waals surface area contributed by atoms with Gasteiger partial charge in [0.25, 0.3) is 0 Å². The van der Waals surface area contributed by atoms with Crippen molar-refractivity contribution in [2.75, 3.05) is 6.54 Å². The second-order valence-electron chi connectivity index (χ2n) is 4.43. The Morgan fingerprint density at radius 2 is 2.10 bits per heavy atom. The molecular formula is C14H16BrNO3S2. The van der Waals surface area contributed by atoms with Gasteiger partial charge in [-0.2, -0.15) is 4.31 Å². The first-order valence-corrected chi connectivity index (χ1v) is 9.52. The highest BCUT2D eigenvalue weighted by molar-refractivity contribution is 9.10. The van der Waals surface area contributed by atoms with Crippen LogP contribution in [0, 0.1) is 0 Å². The number of nitrogens with zero attached hydrogens (tertiary/aromatic N) is 1. The molecule has 7 heteroatoms. The van der Waals surface area contributed by atoms with Crippen molar-refractivity contribution in [1.82, 2.24) is 4.31 Å². The number of aliphatic hydroxyl groups excluding tert-OH is 1. The molecule has 0 atom stereocenters. The standard InChI is InChI=1S/C14H16BrNO3S2/c1-2-16(9-12-4-3-7-20-12)21(18,19)14-8-11(10-17)5-6-13(14)15/h3-8,17H,2,9-10H2,1H3. The minimum Gasteiger partial charge on any atom is -0.392 e. The first-order valence-electron chi connectivity index (χ1n) is 6.41. The molecule has 1 heterocycles. The van der Waals surface area contributed by atoms with Crippen molar-refractivity contribution in [3.8, 4) is 0 Å². The Labute approximate surface area is 137 Å². The van der Waals surface area contributed by atoms with Gasteiger partial charge in [-0.25, -0.2) is 8.42 Å². The summed E-state index contributed by atoms with van der Waals surface area (Å²) in [5.74, 6) is 0. The van der Waals surface area contributed by atoms with Crippen molar-refractivity contribution >= 4 is 37.3 Å². The Morgan fingerprint density at radius 3 is 2.67 bits per heavy atom. The van der Waals surface area contributed by atoms with E-state index >= 15 is 0 Å². The van der Waals surface area contributed by atoms with Crippen LogP contribution < -0.4 is 0 Å². The maximum absolute atomic E-state index is 12.8. The van der Waals surface area contributed by atoms with Gasteiger partial charge in [-0.3, -0.25) is 0 Å². The van der Waals surface area contributed by atoms with E-state index in [0.29, 0.717) is 23.1 Å². The summed E-state index contributed by atoms with van der Waals surface area (Å²) in [7, 11) is -3.61. The topological polar surface area (TPSA) is 57.6 Å². The van der Waals surface area contributed by atoms with Gasteiger partial charge < -0.3 is 5.11 Å². The van der Waals surface area contributed by atoms with E-state index < -0.39 is 10.0 Å². The Kier molecular flexibility index (Phi) is 5.56. The molecule has 0 unspecified atom stereocenters. The molecule has 2 rings (SSSR count). The summed E-state index contributed by atoms with van der Waals surface area (Å²) >= 11 is 4.82. The number of rotatable bonds is 6. The van der Waals surface area contributed by atoms with Crippen LogP contribution in [0.15, 0.2) is 45.1 Å². The van der Waals surface area contributed by atoms with Crippen LogP contribution in [-0.4, -0.2) is 24.4 Å². The SMILES string of the molecule is CCN(Cc1cccs1)S(=O)(=O)c1cc(CO)ccc1Br. The highest BCUT2D eigenvalue weighted by Gasteiger charge is 2.26. The maximum atomic E-state index is 12.8. The Morgan fingerprint density at radius 1 is 1.33 bits per heavy atom. The zero-order valence-electron chi connectivity index (χ0n) is 11.5. The number of halogens is 1. The molecule has 0 amide bonds. The van der Waals surface area contributed by atoms with Gasteiger partial charge in [0.15, 0.2) is 0 Å². The van der Waals surface area contributed by atoms with E-state index in [1.54, 1.807) is 12.1 Å². The Bertz CT molecular complexity index is 699. The molecule has 0 bridgehead atoms. The van der Waals surface area contributed by atoms with Crippen molar-refractivity contribution in [3.05, 3.63) is 50.6 Å².